The van der Waals surface area contributed by atoms with Crippen molar-refractivity contribution in [2.24, 2.45) is 5.92 Å². The summed E-state index contributed by atoms with van der Waals surface area (Å²) < 4.78 is 11.0. The van der Waals surface area contributed by atoms with Crippen LogP contribution in [0.3, 0.4) is 0 Å². The van der Waals surface area contributed by atoms with Crippen molar-refractivity contribution in [3.8, 4) is 0 Å². The molecule has 7 heteroatoms. The van der Waals surface area contributed by atoms with E-state index in [1.165, 1.54) is 25.7 Å². The summed E-state index contributed by atoms with van der Waals surface area (Å²) in [6, 6.07) is 0.640. The number of alkyl carbamates (subject to hydrolysis) is 1. The highest BCUT2D eigenvalue weighted by Crippen LogP contribution is 2.29. The maximum absolute atomic E-state index is 12.6. The SMILES string of the molecule is CC(CC1CCCN1C(=O)OC(C)(C)C)NC(CNC(=O)OC(C)(C)C)C1CCCC1. The molecule has 31 heavy (non-hydrogen) atoms. The summed E-state index contributed by atoms with van der Waals surface area (Å²) in [5.41, 5.74) is -0.976. The van der Waals surface area contributed by atoms with Crippen molar-refractivity contribution in [1.29, 1.82) is 0 Å². The highest BCUT2D eigenvalue weighted by Gasteiger charge is 2.34. The van der Waals surface area contributed by atoms with Crippen LogP contribution >= 0.6 is 0 Å². The summed E-state index contributed by atoms with van der Waals surface area (Å²) in [5.74, 6) is 0.558. The van der Waals surface area contributed by atoms with Crippen LogP contribution in [-0.4, -0.2) is 59.5 Å². The Morgan fingerprint density at radius 3 is 2.16 bits per heavy atom. The maximum atomic E-state index is 12.6. The minimum Gasteiger partial charge on any atom is -0.444 e. The fourth-order valence-corrected chi connectivity index (χ4v) is 4.71. The van der Waals surface area contributed by atoms with Crippen molar-refractivity contribution in [1.82, 2.24) is 15.5 Å². The molecule has 1 saturated carbocycles. The standard InChI is InChI=1S/C24H45N3O4/c1-17(15-19-13-10-14-27(19)22(29)31-24(5,6)7)26-20(18-11-8-9-12-18)16-25-21(28)30-23(2,3)4/h17-20,26H,8-16H2,1-7H3,(H,25,28). The van der Waals surface area contributed by atoms with Gasteiger partial charge in [0.1, 0.15) is 11.2 Å². The van der Waals surface area contributed by atoms with Crippen molar-refractivity contribution in [3.05, 3.63) is 0 Å². The highest BCUT2D eigenvalue weighted by atomic mass is 16.6. The van der Waals surface area contributed by atoms with Gasteiger partial charge in [0.15, 0.2) is 0 Å². The molecule has 2 rings (SSSR count). The van der Waals surface area contributed by atoms with Crippen LogP contribution in [0.4, 0.5) is 9.59 Å². The molecule has 3 atom stereocenters. The molecule has 0 aromatic carbocycles. The first kappa shape index (κ1) is 25.8. The molecular weight excluding hydrogens is 394 g/mol. The van der Waals surface area contributed by atoms with Gasteiger partial charge in [-0.25, -0.2) is 9.59 Å². The topological polar surface area (TPSA) is 79.9 Å². The molecule has 2 fully saturated rings. The van der Waals surface area contributed by atoms with E-state index in [1.807, 2.05) is 46.4 Å². The fourth-order valence-electron chi connectivity index (χ4n) is 4.71. The van der Waals surface area contributed by atoms with E-state index in [2.05, 4.69) is 17.6 Å². The van der Waals surface area contributed by atoms with Crippen molar-refractivity contribution in [3.63, 3.8) is 0 Å². The normalized spacial score (nSPS) is 22.3. The van der Waals surface area contributed by atoms with Crippen LogP contribution in [0.15, 0.2) is 0 Å². The van der Waals surface area contributed by atoms with E-state index in [1.54, 1.807) is 0 Å². The van der Waals surface area contributed by atoms with E-state index in [0.29, 0.717) is 12.5 Å². The molecule has 1 saturated heterocycles. The van der Waals surface area contributed by atoms with Gasteiger partial charge >= 0.3 is 12.2 Å². The van der Waals surface area contributed by atoms with Crippen LogP contribution in [0, 0.1) is 5.92 Å². The van der Waals surface area contributed by atoms with Crippen molar-refractivity contribution in [2.45, 2.75) is 123 Å². The quantitative estimate of drug-likeness (QED) is 0.593. The van der Waals surface area contributed by atoms with E-state index < -0.39 is 11.2 Å². The summed E-state index contributed by atoms with van der Waals surface area (Å²) in [6.07, 6.45) is 7.21. The lowest BCUT2D eigenvalue weighted by molar-refractivity contribution is 0.0212. The predicted molar refractivity (Wildman–Crippen MR) is 123 cm³/mol. The van der Waals surface area contributed by atoms with E-state index in [4.69, 9.17) is 9.47 Å². The molecule has 0 spiro atoms. The number of hydrogen-bond acceptors (Lipinski definition) is 5. The lowest BCUT2D eigenvalue weighted by atomic mass is 9.96. The van der Waals surface area contributed by atoms with E-state index in [0.717, 1.165) is 25.8 Å². The molecule has 2 N–H and O–H groups in total. The number of hydrogen-bond donors (Lipinski definition) is 2. The van der Waals surface area contributed by atoms with Crippen molar-refractivity contribution >= 4 is 12.2 Å². The summed E-state index contributed by atoms with van der Waals surface area (Å²) in [4.78, 5) is 26.6. The highest BCUT2D eigenvalue weighted by molar-refractivity contribution is 5.69. The molecule has 0 radical (unpaired) electrons. The van der Waals surface area contributed by atoms with Crippen molar-refractivity contribution in [2.75, 3.05) is 13.1 Å². The Balaban J connectivity index is 1.91. The van der Waals surface area contributed by atoms with Crippen LogP contribution in [-0.2, 0) is 9.47 Å². The summed E-state index contributed by atoms with van der Waals surface area (Å²) in [5, 5.41) is 6.72. The van der Waals surface area contributed by atoms with Gasteiger partial charge in [-0.05, 0) is 86.5 Å². The second kappa shape index (κ2) is 10.9. The third kappa shape index (κ3) is 9.26. The number of carbonyl (C=O) groups excluding carboxylic acids is 2. The van der Waals surface area contributed by atoms with E-state index >= 15 is 0 Å². The molecule has 7 nitrogen and oxygen atoms in total. The van der Waals surface area contributed by atoms with Crippen molar-refractivity contribution < 1.29 is 19.1 Å². The van der Waals surface area contributed by atoms with Gasteiger partial charge in [-0.3, -0.25) is 0 Å². The molecule has 2 amide bonds. The first-order chi connectivity index (χ1) is 14.3. The van der Waals surface area contributed by atoms with E-state index in [9.17, 15) is 9.59 Å². The first-order valence-corrected chi connectivity index (χ1v) is 12.1. The van der Waals surface area contributed by atoms with Gasteiger partial charge in [0.05, 0.1) is 0 Å². The molecule has 1 aliphatic heterocycles. The molecule has 180 valence electrons. The number of likely N-dealkylation sites (tertiary alicyclic amines) is 1. The molecule has 1 aliphatic carbocycles. The zero-order chi connectivity index (χ0) is 23.2. The molecular formula is C24H45N3O4. The van der Waals surface area contributed by atoms with Gasteiger partial charge in [-0.2, -0.15) is 0 Å². The van der Waals surface area contributed by atoms with Gasteiger partial charge in [-0.1, -0.05) is 12.8 Å². The average molecular weight is 440 g/mol. The number of nitrogens with zero attached hydrogens (tertiary/aromatic N) is 1. The number of rotatable bonds is 7. The Bertz CT molecular complexity index is 591. The molecule has 2 aliphatic rings. The number of amides is 2. The van der Waals surface area contributed by atoms with Crippen LogP contribution in [0.2, 0.25) is 0 Å². The monoisotopic (exact) mass is 439 g/mol. The first-order valence-electron chi connectivity index (χ1n) is 12.1. The van der Waals surface area contributed by atoms with E-state index in [-0.39, 0.29) is 30.3 Å². The smallest absolute Gasteiger partial charge is 0.410 e. The minimum atomic E-state index is -0.499. The Morgan fingerprint density at radius 1 is 0.968 bits per heavy atom. The van der Waals surface area contributed by atoms with Crippen LogP contribution in [0.1, 0.15) is 93.4 Å². The fraction of sp³-hybridized carbons (Fsp3) is 0.917. The second-order valence-corrected chi connectivity index (χ2v) is 11.3. The van der Waals surface area contributed by atoms with Gasteiger partial charge in [0.25, 0.3) is 0 Å². The maximum Gasteiger partial charge on any atom is 0.410 e. The van der Waals surface area contributed by atoms with Gasteiger partial charge in [0.2, 0.25) is 0 Å². The largest absolute Gasteiger partial charge is 0.444 e. The zero-order valence-electron chi connectivity index (χ0n) is 20.8. The number of nitrogens with one attached hydrogen (secondary N) is 2. The molecule has 1 heterocycles. The lowest BCUT2D eigenvalue weighted by Gasteiger charge is -2.33. The Kier molecular flexibility index (Phi) is 9.04. The van der Waals surface area contributed by atoms with Crippen LogP contribution in [0.25, 0.3) is 0 Å². The second-order valence-electron chi connectivity index (χ2n) is 11.3. The third-order valence-corrected chi connectivity index (χ3v) is 5.96. The summed E-state index contributed by atoms with van der Waals surface area (Å²) in [6.45, 7) is 14.8. The summed E-state index contributed by atoms with van der Waals surface area (Å²) >= 11 is 0. The Hall–Kier alpha value is -1.50. The zero-order valence-corrected chi connectivity index (χ0v) is 20.8. The Morgan fingerprint density at radius 2 is 1.58 bits per heavy atom. The van der Waals surface area contributed by atoms with Gasteiger partial charge in [0, 0.05) is 31.2 Å². The number of carbonyl (C=O) groups is 2. The molecule has 0 aromatic rings. The van der Waals surface area contributed by atoms with Crippen LogP contribution < -0.4 is 10.6 Å². The van der Waals surface area contributed by atoms with Gasteiger partial charge < -0.3 is 25.0 Å². The third-order valence-electron chi connectivity index (χ3n) is 5.96. The summed E-state index contributed by atoms with van der Waals surface area (Å²) in [7, 11) is 0. The number of ether oxygens (including phenoxy) is 2. The molecule has 0 aromatic heterocycles. The van der Waals surface area contributed by atoms with Crippen LogP contribution in [0.5, 0.6) is 0 Å². The lowest BCUT2D eigenvalue weighted by Crippen LogP contribution is -2.50. The predicted octanol–water partition coefficient (Wildman–Crippen LogP) is 4.84. The minimum absolute atomic E-state index is 0.195. The molecule has 0 bridgehead atoms. The van der Waals surface area contributed by atoms with Gasteiger partial charge in [-0.15, -0.1) is 0 Å². The Labute approximate surface area is 189 Å². The average Bonchev–Trinajstić information content (AvgIpc) is 3.27. The molecule has 3 unspecified atom stereocenters.